The van der Waals surface area contributed by atoms with Gasteiger partial charge in [-0.25, -0.2) is 0 Å². The number of hydrogen-bond acceptors (Lipinski definition) is 5. The predicted octanol–water partition coefficient (Wildman–Crippen LogP) is 1.52. The van der Waals surface area contributed by atoms with Crippen molar-refractivity contribution < 1.29 is 14.3 Å². The number of methoxy groups -OCH3 is 1. The summed E-state index contributed by atoms with van der Waals surface area (Å²) >= 11 is 0. The Morgan fingerprint density at radius 2 is 1.92 bits per heavy atom. The van der Waals surface area contributed by atoms with Crippen LogP contribution in [-0.2, 0) is 9.53 Å². The van der Waals surface area contributed by atoms with Crippen LogP contribution in [0.25, 0.3) is 0 Å². The summed E-state index contributed by atoms with van der Waals surface area (Å²) in [4.78, 5) is 25.9. The molecule has 0 bridgehead atoms. The molecule has 0 spiro atoms. The largest absolute Gasteiger partial charge is 0.468 e. The number of benzene rings is 1. The van der Waals surface area contributed by atoms with Gasteiger partial charge in [-0.1, -0.05) is 12.1 Å². The molecule has 1 aromatic rings. The molecular weight excluding hydrogens is 330 g/mol. The Hall–Kier alpha value is -1.92. The lowest BCUT2D eigenvalue weighted by atomic mass is 9.91. The summed E-state index contributed by atoms with van der Waals surface area (Å²) < 4.78 is 4.70. The lowest BCUT2D eigenvalue weighted by molar-refractivity contribution is -0.142. The molecule has 6 nitrogen and oxygen atoms in total. The van der Waals surface area contributed by atoms with Crippen LogP contribution in [0.15, 0.2) is 24.3 Å². The van der Waals surface area contributed by atoms with E-state index in [0.29, 0.717) is 12.5 Å². The van der Waals surface area contributed by atoms with Crippen molar-refractivity contribution >= 4 is 11.9 Å². The molecule has 26 heavy (non-hydrogen) atoms. The van der Waals surface area contributed by atoms with Gasteiger partial charge in [-0.15, -0.1) is 0 Å². The Labute approximate surface area is 155 Å². The summed E-state index contributed by atoms with van der Waals surface area (Å²) in [5.41, 5.74) is 2.03. The van der Waals surface area contributed by atoms with E-state index in [1.807, 2.05) is 12.1 Å². The second-order valence-electron chi connectivity index (χ2n) is 7.27. The normalized spacial score (nSPS) is 22.0. The van der Waals surface area contributed by atoms with E-state index < -0.39 is 0 Å². The maximum atomic E-state index is 12.5. The number of ether oxygens (including phenoxy) is 1. The van der Waals surface area contributed by atoms with Gasteiger partial charge in [0.25, 0.3) is 5.91 Å². The molecule has 2 saturated heterocycles. The zero-order chi connectivity index (χ0) is 18.4. The number of amides is 1. The lowest BCUT2D eigenvalue weighted by Gasteiger charge is -2.31. The molecule has 2 aliphatic heterocycles. The number of hydrogen-bond donors (Lipinski definition) is 2. The van der Waals surface area contributed by atoms with Crippen LogP contribution >= 0.6 is 0 Å². The van der Waals surface area contributed by atoms with Crippen molar-refractivity contribution in [1.29, 1.82) is 0 Å². The van der Waals surface area contributed by atoms with Gasteiger partial charge < -0.3 is 15.4 Å². The molecule has 1 unspecified atom stereocenters. The minimum atomic E-state index is -0.208. The smallest absolute Gasteiger partial charge is 0.319 e. The van der Waals surface area contributed by atoms with Crippen molar-refractivity contribution in [3.05, 3.63) is 35.4 Å². The zero-order valence-electron chi connectivity index (χ0n) is 15.5. The number of likely N-dealkylation sites (tertiary alicyclic amines) is 1. The van der Waals surface area contributed by atoms with Crippen LogP contribution in [0, 0.1) is 0 Å². The fourth-order valence-corrected chi connectivity index (χ4v) is 3.79. The molecular formula is C20H29N3O3. The molecule has 0 aliphatic carbocycles. The molecule has 1 amide bonds. The van der Waals surface area contributed by atoms with Crippen LogP contribution in [-0.4, -0.2) is 62.7 Å². The second kappa shape index (κ2) is 9.14. The molecule has 2 fully saturated rings. The first-order chi connectivity index (χ1) is 12.7. The molecule has 2 N–H and O–H groups in total. The van der Waals surface area contributed by atoms with Gasteiger partial charge >= 0.3 is 5.97 Å². The lowest BCUT2D eigenvalue weighted by Crippen LogP contribution is -2.46. The van der Waals surface area contributed by atoms with Gasteiger partial charge in [0.15, 0.2) is 0 Å². The van der Waals surface area contributed by atoms with Gasteiger partial charge in [0.05, 0.1) is 13.7 Å². The third-order valence-corrected chi connectivity index (χ3v) is 5.44. The molecule has 2 heterocycles. The summed E-state index contributed by atoms with van der Waals surface area (Å²) in [6.45, 7) is 4.06. The summed E-state index contributed by atoms with van der Waals surface area (Å²) in [6, 6.07) is 8.22. The van der Waals surface area contributed by atoms with Gasteiger partial charge in [0.2, 0.25) is 0 Å². The van der Waals surface area contributed by atoms with E-state index in [2.05, 4.69) is 27.7 Å². The van der Waals surface area contributed by atoms with Crippen LogP contribution < -0.4 is 10.6 Å². The highest BCUT2D eigenvalue weighted by Gasteiger charge is 2.23. The molecule has 2 aliphatic rings. The SMILES string of the molecule is COC(=O)CN1CCC(NC(=O)c2ccc(C3CCCNC3)cc2)CC1. The minimum absolute atomic E-state index is 0.00950. The standard InChI is InChI=1S/C20H29N3O3/c1-26-19(24)14-23-11-8-18(9-12-23)22-20(25)16-6-4-15(5-7-16)17-3-2-10-21-13-17/h4-7,17-18,21H,2-3,8-14H2,1H3,(H,22,25). The highest BCUT2D eigenvalue weighted by Crippen LogP contribution is 2.23. The van der Waals surface area contributed by atoms with Crippen LogP contribution in [0.4, 0.5) is 0 Å². The van der Waals surface area contributed by atoms with Crippen molar-refractivity contribution in [3.8, 4) is 0 Å². The van der Waals surface area contributed by atoms with E-state index in [0.717, 1.165) is 44.6 Å². The average Bonchev–Trinajstić information content (AvgIpc) is 2.70. The van der Waals surface area contributed by atoms with E-state index in [1.54, 1.807) is 0 Å². The Morgan fingerprint density at radius 1 is 1.19 bits per heavy atom. The molecule has 1 aromatic carbocycles. The van der Waals surface area contributed by atoms with Gasteiger partial charge in [0.1, 0.15) is 0 Å². The maximum Gasteiger partial charge on any atom is 0.319 e. The summed E-state index contributed by atoms with van der Waals surface area (Å²) in [5, 5.41) is 6.56. The van der Waals surface area contributed by atoms with Crippen molar-refractivity contribution in [1.82, 2.24) is 15.5 Å². The number of esters is 1. The number of rotatable bonds is 5. The highest BCUT2D eigenvalue weighted by atomic mass is 16.5. The van der Waals surface area contributed by atoms with Crippen LogP contribution in [0.3, 0.4) is 0 Å². The molecule has 6 heteroatoms. The topological polar surface area (TPSA) is 70.7 Å². The van der Waals surface area contributed by atoms with E-state index in [-0.39, 0.29) is 17.9 Å². The highest BCUT2D eigenvalue weighted by molar-refractivity contribution is 5.94. The summed E-state index contributed by atoms with van der Waals surface area (Å²) in [6.07, 6.45) is 4.13. The van der Waals surface area contributed by atoms with Gasteiger partial charge in [0, 0.05) is 31.2 Å². The average molecular weight is 359 g/mol. The van der Waals surface area contributed by atoms with E-state index in [4.69, 9.17) is 4.74 Å². The van der Waals surface area contributed by atoms with Crippen molar-refractivity contribution in [2.75, 3.05) is 39.8 Å². The van der Waals surface area contributed by atoms with Crippen LogP contribution in [0.1, 0.15) is 47.5 Å². The van der Waals surface area contributed by atoms with Gasteiger partial charge in [-0.2, -0.15) is 0 Å². The predicted molar refractivity (Wildman–Crippen MR) is 100 cm³/mol. The molecule has 0 radical (unpaired) electrons. The number of nitrogens with one attached hydrogen (secondary N) is 2. The molecule has 3 rings (SSSR count). The van der Waals surface area contributed by atoms with E-state index in [9.17, 15) is 9.59 Å². The van der Waals surface area contributed by atoms with Crippen molar-refractivity contribution in [2.45, 2.75) is 37.6 Å². The molecule has 0 aromatic heterocycles. The Balaban J connectivity index is 1.47. The second-order valence-corrected chi connectivity index (χ2v) is 7.27. The van der Waals surface area contributed by atoms with Crippen LogP contribution in [0.2, 0.25) is 0 Å². The van der Waals surface area contributed by atoms with Gasteiger partial charge in [-0.3, -0.25) is 14.5 Å². The Morgan fingerprint density at radius 3 is 2.54 bits per heavy atom. The summed E-state index contributed by atoms with van der Waals surface area (Å²) in [5.74, 6) is 0.338. The van der Waals surface area contributed by atoms with E-state index in [1.165, 1.54) is 25.5 Å². The van der Waals surface area contributed by atoms with E-state index >= 15 is 0 Å². The number of nitrogens with zero attached hydrogens (tertiary/aromatic N) is 1. The zero-order valence-corrected chi connectivity index (χ0v) is 15.5. The maximum absolute atomic E-state index is 12.5. The Bertz CT molecular complexity index is 603. The first-order valence-corrected chi connectivity index (χ1v) is 9.56. The number of piperidine rings is 2. The third-order valence-electron chi connectivity index (χ3n) is 5.44. The third kappa shape index (κ3) is 5.05. The fourth-order valence-electron chi connectivity index (χ4n) is 3.79. The van der Waals surface area contributed by atoms with Crippen molar-refractivity contribution in [2.24, 2.45) is 0 Å². The Kier molecular flexibility index (Phi) is 6.63. The molecule has 142 valence electrons. The summed E-state index contributed by atoms with van der Waals surface area (Å²) in [7, 11) is 1.41. The number of carbonyl (C=O) groups is 2. The van der Waals surface area contributed by atoms with Crippen LogP contribution in [0.5, 0.6) is 0 Å². The van der Waals surface area contributed by atoms with Crippen molar-refractivity contribution in [3.63, 3.8) is 0 Å². The van der Waals surface area contributed by atoms with Gasteiger partial charge in [-0.05, 0) is 55.8 Å². The minimum Gasteiger partial charge on any atom is -0.468 e. The monoisotopic (exact) mass is 359 g/mol. The molecule has 1 atom stereocenters. The first kappa shape index (κ1) is 18.9. The number of carbonyl (C=O) groups excluding carboxylic acids is 2. The fraction of sp³-hybridized carbons (Fsp3) is 0.600. The first-order valence-electron chi connectivity index (χ1n) is 9.56. The molecule has 0 saturated carbocycles. The quantitative estimate of drug-likeness (QED) is 0.780.